The number of nitrogens with one attached hydrogen (secondary N) is 3. The third kappa shape index (κ3) is 18.1. The number of amides is 3. The number of benzene rings is 6. The molecule has 3 amide bonds. The molecule has 22 heteroatoms. The molecule has 0 aliphatic carbocycles. The summed E-state index contributed by atoms with van der Waals surface area (Å²) in [7, 11) is 0. The average molecular weight is 1200 g/mol. The van der Waals surface area contributed by atoms with Crippen LogP contribution >= 0.6 is 12.4 Å². The van der Waals surface area contributed by atoms with E-state index in [-0.39, 0.29) is 68.2 Å². The molecule has 6 aromatic rings. The summed E-state index contributed by atoms with van der Waals surface area (Å²) in [5.74, 6) is -4.72. The number of phenols is 3. The molecule has 0 spiro atoms. The first-order valence-electron chi connectivity index (χ1n) is 28.5. The molecule has 0 heterocycles. The second kappa shape index (κ2) is 32.0. The molecule has 0 bridgehead atoms. The number of carbonyl (C=O) groups excluding carboxylic acids is 6. The van der Waals surface area contributed by atoms with Crippen molar-refractivity contribution in [3.05, 3.63) is 179 Å². The van der Waals surface area contributed by atoms with Crippen molar-refractivity contribution in [3.63, 3.8) is 0 Å². The number of nitrogens with two attached hydrogens (primary N) is 9. The second-order valence-corrected chi connectivity index (χ2v) is 21.8. The summed E-state index contributed by atoms with van der Waals surface area (Å²) in [4.78, 5) is 84.7. The van der Waals surface area contributed by atoms with Crippen molar-refractivity contribution in [2.45, 2.75) is 118 Å². The molecule has 6 atom stereocenters. The fourth-order valence-corrected chi connectivity index (χ4v) is 10.2. The summed E-state index contributed by atoms with van der Waals surface area (Å²) in [5.41, 5.74) is 55.8. The fraction of sp³-hybridized carbons (Fsp3) is 0.344. The molecule has 0 unspecified atom stereocenters. The number of halogens is 1. The second-order valence-electron chi connectivity index (χ2n) is 21.8. The monoisotopic (exact) mass is 1200 g/mol. The minimum Gasteiger partial charge on any atom is -0.508 e. The van der Waals surface area contributed by atoms with Crippen LogP contribution < -0.4 is 67.6 Å². The van der Waals surface area contributed by atoms with Gasteiger partial charge in [0, 0.05) is 23.0 Å². The Morgan fingerprint density at radius 2 is 0.581 bits per heavy atom. The zero-order chi connectivity index (χ0) is 61.9. The highest BCUT2D eigenvalue weighted by atomic mass is 35.5. The molecular formula is C64H83ClN12O9. The molecule has 6 aromatic carbocycles. The van der Waals surface area contributed by atoms with Gasteiger partial charge in [0.15, 0.2) is 34.0 Å². The maximum atomic E-state index is 14.2. The van der Waals surface area contributed by atoms with Gasteiger partial charge < -0.3 is 82.9 Å². The molecule has 0 saturated carbocycles. The van der Waals surface area contributed by atoms with Gasteiger partial charge >= 0.3 is 0 Å². The predicted molar refractivity (Wildman–Crippen MR) is 337 cm³/mol. The Bertz CT molecular complexity index is 2860. The van der Waals surface area contributed by atoms with Crippen LogP contribution in [0.5, 0.6) is 17.2 Å². The lowest BCUT2D eigenvalue weighted by Crippen LogP contribution is -2.62. The number of carbonyl (C=O) groups is 6. The van der Waals surface area contributed by atoms with Crippen LogP contribution in [0.1, 0.15) is 97.1 Å². The topological polar surface area (TPSA) is 433 Å². The van der Waals surface area contributed by atoms with Gasteiger partial charge in [0.2, 0.25) is 0 Å². The zero-order valence-corrected chi connectivity index (χ0v) is 49.0. The van der Waals surface area contributed by atoms with Crippen LogP contribution in [0, 0.1) is 0 Å². The van der Waals surface area contributed by atoms with Crippen LogP contribution in [0.25, 0.3) is 0 Å². The van der Waals surface area contributed by atoms with E-state index in [1.165, 1.54) is 36.4 Å². The Morgan fingerprint density at radius 3 is 0.791 bits per heavy atom. The average Bonchev–Trinajstić information content (AvgIpc) is 3.52. The lowest BCUT2D eigenvalue weighted by molar-refractivity contribution is -0.135. The van der Waals surface area contributed by atoms with E-state index in [4.69, 9.17) is 51.6 Å². The number of unbranched alkanes of at least 4 members (excludes halogenated alkanes) is 3. The summed E-state index contributed by atoms with van der Waals surface area (Å²) in [6, 6.07) is 35.9. The first-order valence-corrected chi connectivity index (χ1v) is 28.5. The summed E-state index contributed by atoms with van der Waals surface area (Å²) >= 11 is 0. The predicted octanol–water partition coefficient (Wildman–Crippen LogP) is 4.12. The first-order chi connectivity index (χ1) is 40.5. The molecule has 0 fully saturated rings. The van der Waals surface area contributed by atoms with E-state index < -0.39 is 75.7 Å². The van der Waals surface area contributed by atoms with Gasteiger partial charge in [0.25, 0.3) is 17.7 Å². The van der Waals surface area contributed by atoms with Gasteiger partial charge in [-0.05, 0) is 203 Å². The van der Waals surface area contributed by atoms with Crippen LogP contribution in [-0.2, 0) is 48.0 Å². The van der Waals surface area contributed by atoms with Crippen molar-refractivity contribution in [3.8, 4) is 17.2 Å². The van der Waals surface area contributed by atoms with Gasteiger partial charge in [-0.2, -0.15) is 0 Å². The quantitative estimate of drug-likeness (QED) is 0.0156. The smallest absolute Gasteiger partial charge is 0.252 e. The number of hydrogen-bond donors (Lipinski definition) is 15. The molecule has 24 N–H and O–H groups in total. The van der Waals surface area contributed by atoms with Crippen LogP contribution in [0.15, 0.2) is 146 Å². The Kier molecular flexibility index (Phi) is 25.6. The van der Waals surface area contributed by atoms with E-state index in [9.17, 15) is 44.1 Å². The van der Waals surface area contributed by atoms with Crippen LogP contribution in [0.2, 0.25) is 0 Å². The number of phenolic OH excluding ortho intramolecular Hbond substituents is 3. The van der Waals surface area contributed by atoms with E-state index in [1.807, 2.05) is 0 Å². The highest BCUT2D eigenvalue weighted by molar-refractivity contribution is 6.18. The highest BCUT2D eigenvalue weighted by Crippen LogP contribution is 2.35. The van der Waals surface area contributed by atoms with Gasteiger partial charge in [0.05, 0.1) is 18.1 Å². The SMILES string of the molecule is Cl.NCCCC[C@@](N)(C(=O)Nc1ccc(C(c2ccc(NC(=O)[C@](N)(CCCCN)C(=O)[C@H](N)Cc3ccc(O)cc3)cc2)c2ccc(NC(=O)[C@](N)(CCCCN)C(=O)[C@H](N)Cc3ccc(O)cc3)cc2)cc1)C(=O)[C@H](N)Cc1ccc(O)cc1. The van der Waals surface area contributed by atoms with E-state index >= 15 is 0 Å². The van der Waals surface area contributed by atoms with Crippen LogP contribution in [-0.4, -0.2) is 105 Å². The number of anilines is 3. The molecule has 0 aromatic heterocycles. The third-order valence-corrected chi connectivity index (χ3v) is 15.3. The first kappa shape index (κ1) is 68.8. The van der Waals surface area contributed by atoms with Crippen LogP contribution in [0.3, 0.4) is 0 Å². The molecule has 21 nitrogen and oxygen atoms in total. The molecule has 460 valence electrons. The standard InChI is InChI=1S/C64H82N12O9.ClH/c65-34-4-1-31-62(71,56(80)52(68)37-40-7-25-49(77)26-8-40)59(83)74-46-19-13-43(14-20-46)55(44-15-21-47(22-16-44)75-60(84)63(72,32-2-5-35-66)57(81)53(69)38-41-9-27-50(78)28-10-41)45-17-23-48(24-18-45)76-61(85)64(73,33-3-6-36-67)58(82)54(70)39-42-11-29-51(79)30-12-42;/h7-30,52-55,77-79H,1-6,31-39,65-73H2,(H,74,83)(H,75,84)(H,76,85);1H/t52-,53-,54-,62+,63+,64+;/m1./s1. The van der Waals surface area contributed by atoms with E-state index in [1.54, 1.807) is 109 Å². The van der Waals surface area contributed by atoms with Crippen molar-refractivity contribution in [1.82, 2.24) is 0 Å². The number of rotatable bonds is 33. The van der Waals surface area contributed by atoms with Gasteiger partial charge in [0.1, 0.15) is 17.2 Å². The number of hydrogen-bond acceptors (Lipinski definition) is 18. The largest absolute Gasteiger partial charge is 0.508 e. The van der Waals surface area contributed by atoms with Gasteiger partial charge in [-0.3, -0.25) is 28.8 Å². The summed E-state index contributed by atoms with van der Waals surface area (Å²) < 4.78 is 0. The minimum atomic E-state index is -2.02. The highest BCUT2D eigenvalue weighted by Gasteiger charge is 2.46. The van der Waals surface area contributed by atoms with Crippen molar-refractivity contribution in [2.75, 3.05) is 35.6 Å². The fourth-order valence-electron chi connectivity index (χ4n) is 10.2. The van der Waals surface area contributed by atoms with E-state index in [0.29, 0.717) is 109 Å². The zero-order valence-electron chi connectivity index (χ0n) is 48.2. The summed E-state index contributed by atoms with van der Waals surface area (Å²) in [5, 5.41) is 37.8. The van der Waals surface area contributed by atoms with E-state index in [2.05, 4.69) is 16.0 Å². The maximum Gasteiger partial charge on any atom is 0.252 e. The van der Waals surface area contributed by atoms with E-state index in [0.717, 1.165) is 0 Å². The Balaban J connectivity index is 0.0000135. The molecule has 6 rings (SSSR count). The van der Waals surface area contributed by atoms with Crippen molar-refractivity contribution in [1.29, 1.82) is 0 Å². The van der Waals surface area contributed by atoms with Crippen molar-refractivity contribution >= 4 is 64.5 Å². The Labute approximate surface area is 507 Å². The lowest BCUT2D eigenvalue weighted by atomic mass is 9.82. The van der Waals surface area contributed by atoms with Crippen molar-refractivity contribution in [2.24, 2.45) is 51.6 Å². The Morgan fingerprint density at radius 1 is 0.360 bits per heavy atom. The molecule has 86 heavy (non-hydrogen) atoms. The van der Waals surface area contributed by atoms with Gasteiger partial charge in [-0.1, -0.05) is 72.8 Å². The summed E-state index contributed by atoms with van der Waals surface area (Å²) in [6.07, 6.45) is 2.76. The maximum absolute atomic E-state index is 14.2. The van der Waals surface area contributed by atoms with Crippen molar-refractivity contribution < 1.29 is 44.1 Å². The summed E-state index contributed by atoms with van der Waals surface area (Å²) in [6.45, 7) is 0.949. The van der Waals surface area contributed by atoms with Gasteiger partial charge in [-0.15, -0.1) is 12.4 Å². The number of aromatic hydroxyl groups is 3. The number of Topliss-reactive ketones (excluding diaryl/α,β-unsaturated/α-hetero) is 3. The molecule has 0 aliphatic rings. The third-order valence-electron chi connectivity index (χ3n) is 15.3. The van der Waals surface area contributed by atoms with Crippen LogP contribution in [0.4, 0.5) is 17.1 Å². The lowest BCUT2D eigenvalue weighted by Gasteiger charge is -2.30. The Hall–Kier alpha value is -7.93. The molecule has 0 aliphatic heterocycles. The van der Waals surface area contributed by atoms with Gasteiger partial charge in [-0.25, -0.2) is 0 Å². The number of ketones is 3. The normalized spacial score (nSPS) is 14.4. The molecule has 0 saturated heterocycles. The molecule has 0 radical (unpaired) electrons. The molecular weight excluding hydrogens is 1120 g/mol. The minimum absolute atomic E-state index is 0.